The lowest BCUT2D eigenvalue weighted by Gasteiger charge is -2.42. The number of nitrogens with one attached hydrogen (secondary N) is 1. The molecule has 4 rings (SSSR count). The molecule has 0 spiro atoms. The fourth-order valence-electron chi connectivity index (χ4n) is 5.81. The molecule has 2 aliphatic rings. The number of piperidine rings is 1. The van der Waals surface area contributed by atoms with Crippen molar-refractivity contribution in [2.75, 3.05) is 19.6 Å². The summed E-state index contributed by atoms with van der Waals surface area (Å²) in [6.45, 7) is 9.54. The Morgan fingerprint density at radius 3 is 2.40 bits per heavy atom. The van der Waals surface area contributed by atoms with Crippen LogP contribution >= 0.6 is 0 Å². The average molecular weight is 410 g/mol. The number of carbonyl (C=O) groups is 1. The van der Waals surface area contributed by atoms with Crippen LogP contribution < -0.4 is 5.32 Å². The van der Waals surface area contributed by atoms with Gasteiger partial charge < -0.3 is 14.8 Å². The van der Waals surface area contributed by atoms with Crippen molar-refractivity contribution in [1.29, 1.82) is 0 Å². The van der Waals surface area contributed by atoms with Gasteiger partial charge in [-0.3, -0.25) is 4.79 Å². The zero-order valence-electron chi connectivity index (χ0n) is 19.1. The van der Waals surface area contributed by atoms with Gasteiger partial charge in [0.15, 0.2) is 0 Å². The van der Waals surface area contributed by atoms with Gasteiger partial charge in [0.25, 0.3) is 0 Å². The summed E-state index contributed by atoms with van der Waals surface area (Å²) in [4.78, 5) is 14.0. The topological polar surface area (TPSA) is 37.3 Å². The molecule has 1 saturated carbocycles. The van der Waals surface area contributed by atoms with E-state index in [0.717, 1.165) is 24.3 Å². The fourth-order valence-corrected chi connectivity index (χ4v) is 5.81. The quantitative estimate of drug-likeness (QED) is 0.714. The van der Waals surface area contributed by atoms with Crippen LogP contribution in [0.4, 0.5) is 0 Å². The van der Waals surface area contributed by atoms with Crippen molar-refractivity contribution in [3.63, 3.8) is 0 Å². The smallest absolute Gasteiger partial charge is 0.216 e. The summed E-state index contributed by atoms with van der Waals surface area (Å²) in [5.74, 6) is 1.84. The van der Waals surface area contributed by atoms with Crippen LogP contribution in [0.5, 0.6) is 0 Å². The number of benzene rings is 1. The maximum atomic E-state index is 11.2. The summed E-state index contributed by atoms with van der Waals surface area (Å²) >= 11 is 0. The summed E-state index contributed by atoms with van der Waals surface area (Å²) in [6.07, 6.45) is 11.4. The number of nitrogens with zero attached hydrogens (tertiary/aromatic N) is 2. The van der Waals surface area contributed by atoms with Crippen LogP contribution in [0.25, 0.3) is 10.9 Å². The summed E-state index contributed by atoms with van der Waals surface area (Å²) in [5.41, 5.74) is 2.71. The highest BCUT2D eigenvalue weighted by atomic mass is 16.1. The first-order valence-corrected chi connectivity index (χ1v) is 12.1. The number of para-hydroxylation sites is 1. The van der Waals surface area contributed by atoms with E-state index >= 15 is 0 Å². The third-order valence-electron chi connectivity index (χ3n) is 7.68. The lowest BCUT2D eigenvalue weighted by Crippen LogP contribution is -2.43. The molecule has 4 nitrogen and oxygen atoms in total. The van der Waals surface area contributed by atoms with Gasteiger partial charge in [-0.15, -0.1) is 0 Å². The van der Waals surface area contributed by atoms with E-state index in [2.05, 4.69) is 59.1 Å². The maximum Gasteiger partial charge on any atom is 0.216 e. The second-order valence-electron chi connectivity index (χ2n) is 9.89. The second-order valence-corrected chi connectivity index (χ2v) is 9.89. The molecule has 1 aliphatic heterocycles. The average Bonchev–Trinajstić information content (AvgIpc) is 3.12. The van der Waals surface area contributed by atoms with Crippen LogP contribution in [-0.4, -0.2) is 41.1 Å². The van der Waals surface area contributed by atoms with Crippen molar-refractivity contribution in [2.45, 2.75) is 77.8 Å². The number of rotatable bonds is 6. The molecule has 4 heteroatoms. The van der Waals surface area contributed by atoms with Gasteiger partial charge in [-0.2, -0.15) is 0 Å². The number of hydrogen-bond donors (Lipinski definition) is 1. The molecule has 1 aromatic heterocycles. The molecule has 0 unspecified atom stereocenters. The molecular weight excluding hydrogens is 370 g/mol. The first-order chi connectivity index (χ1) is 14.5. The van der Waals surface area contributed by atoms with E-state index in [1.807, 2.05) is 0 Å². The molecule has 0 bridgehead atoms. The van der Waals surface area contributed by atoms with Gasteiger partial charge >= 0.3 is 0 Å². The monoisotopic (exact) mass is 409 g/mol. The molecule has 0 atom stereocenters. The highest BCUT2D eigenvalue weighted by molar-refractivity contribution is 5.84. The predicted molar refractivity (Wildman–Crippen MR) is 125 cm³/mol. The molecule has 2 aromatic rings. The van der Waals surface area contributed by atoms with E-state index in [1.165, 1.54) is 68.1 Å². The first kappa shape index (κ1) is 21.4. The summed E-state index contributed by atoms with van der Waals surface area (Å²) in [7, 11) is 0. The Labute approximate surface area is 182 Å². The van der Waals surface area contributed by atoms with E-state index in [0.29, 0.717) is 12.6 Å². The van der Waals surface area contributed by atoms with E-state index in [9.17, 15) is 4.79 Å². The van der Waals surface area contributed by atoms with Gasteiger partial charge in [-0.1, -0.05) is 32.0 Å². The molecule has 30 heavy (non-hydrogen) atoms. The minimum Gasteiger partial charge on any atom is -0.356 e. The number of likely N-dealkylation sites (tertiary alicyclic amines) is 1. The van der Waals surface area contributed by atoms with Gasteiger partial charge in [0.1, 0.15) is 0 Å². The molecule has 1 aromatic carbocycles. The van der Waals surface area contributed by atoms with E-state index in [1.54, 1.807) is 6.92 Å². The molecule has 2 fully saturated rings. The van der Waals surface area contributed by atoms with E-state index < -0.39 is 0 Å². The Morgan fingerprint density at radius 1 is 1.03 bits per heavy atom. The lowest BCUT2D eigenvalue weighted by molar-refractivity contribution is -0.118. The summed E-state index contributed by atoms with van der Waals surface area (Å²) < 4.78 is 2.53. The van der Waals surface area contributed by atoms with Crippen LogP contribution in [0.15, 0.2) is 30.5 Å². The van der Waals surface area contributed by atoms with Gasteiger partial charge in [0.05, 0.1) is 0 Å². The maximum absolute atomic E-state index is 11.2. The lowest BCUT2D eigenvalue weighted by atomic mass is 9.79. The first-order valence-electron chi connectivity index (χ1n) is 12.1. The van der Waals surface area contributed by atoms with Crippen molar-refractivity contribution in [1.82, 2.24) is 14.8 Å². The number of carbonyl (C=O) groups excluding carboxylic acids is 1. The van der Waals surface area contributed by atoms with E-state index in [4.69, 9.17) is 0 Å². The van der Waals surface area contributed by atoms with Crippen LogP contribution in [0.1, 0.15) is 70.9 Å². The van der Waals surface area contributed by atoms with Crippen molar-refractivity contribution in [3.05, 3.63) is 36.0 Å². The van der Waals surface area contributed by atoms with Gasteiger partial charge in [0, 0.05) is 55.7 Å². The number of hydrogen-bond acceptors (Lipinski definition) is 2. The molecule has 1 N–H and O–H groups in total. The Bertz CT molecular complexity index is 839. The number of amides is 1. The zero-order chi connectivity index (χ0) is 21.1. The van der Waals surface area contributed by atoms with Crippen molar-refractivity contribution in [2.24, 2.45) is 11.8 Å². The van der Waals surface area contributed by atoms with Crippen molar-refractivity contribution in [3.8, 4) is 0 Å². The van der Waals surface area contributed by atoms with Crippen LogP contribution in [0, 0.1) is 11.8 Å². The number of fused-ring (bicyclic) bond motifs is 1. The molecular formula is C26H39N3O. The Balaban J connectivity index is 1.39. The zero-order valence-corrected chi connectivity index (χ0v) is 19.1. The third kappa shape index (κ3) is 4.74. The van der Waals surface area contributed by atoms with Crippen LogP contribution in [-0.2, 0) is 11.2 Å². The minimum absolute atomic E-state index is 0.0496. The van der Waals surface area contributed by atoms with Gasteiger partial charge in [-0.25, -0.2) is 0 Å². The van der Waals surface area contributed by atoms with Gasteiger partial charge in [0.2, 0.25) is 5.91 Å². The molecule has 164 valence electrons. The highest BCUT2D eigenvalue weighted by Crippen LogP contribution is 2.35. The second kappa shape index (κ2) is 9.55. The standard InChI is InChI=1S/C26H39N3O/c1-19(2)21-8-10-23(11-9-21)28-16-13-24(14-17-28)29-18-22(12-15-27-20(3)30)25-6-4-5-7-26(25)29/h4-7,18-19,21,23-24H,8-17H2,1-3H3,(H,27,30). The highest BCUT2D eigenvalue weighted by Gasteiger charge is 2.30. The molecule has 0 radical (unpaired) electrons. The molecule has 2 heterocycles. The SMILES string of the molecule is CC(=O)NCCc1cn(C2CCN(C3CCC(C(C)C)CC3)CC2)c2ccccc12. The van der Waals surface area contributed by atoms with Crippen molar-refractivity contribution < 1.29 is 4.79 Å². The van der Waals surface area contributed by atoms with E-state index in [-0.39, 0.29) is 5.91 Å². The molecule has 1 aliphatic carbocycles. The summed E-state index contributed by atoms with van der Waals surface area (Å²) in [5, 5.41) is 4.29. The normalized spacial score (nSPS) is 23.9. The Hall–Kier alpha value is -1.81. The minimum atomic E-state index is 0.0496. The number of aromatic nitrogens is 1. The Kier molecular flexibility index (Phi) is 6.82. The van der Waals surface area contributed by atoms with Crippen LogP contribution in [0.3, 0.4) is 0 Å². The third-order valence-corrected chi connectivity index (χ3v) is 7.68. The molecule has 1 amide bonds. The predicted octanol–water partition coefficient (Wildman–Crippen LogP) is 5.17. The van der Waals surface area contributed by atoms with Crippen LogP contribution in [0.2, 0.25) is 0 Å². The van der Waals surface area contributed by atoms with Crippen molar-refractivity contribution >= 4 is 16.8 Å². The molecule has 1 saturated heterocycles. The van der Waals surface area contributed by atoms with Gasteiger partial charge in [-0.05, 0) is 68.4 Å². The summed E-state index contributed by atoms with van der Waals surface area (Å²) in [6, 6.07) is 10.2. The Morgan fingerprint density at radius 2 is 1.73 bits per heavy atom. The largest absolute Gasteiger partial charge is 0.356 e. The fraction of sp³-hybridized carbons (Fsp3) is 0.654.